The van der Waals surface area contributed by atoms with Crippen molar-refractivity contribution in [1.29, 1.82) is 0 Å². The molecule has 1 aromatic carbocycles. The van der Waals surface area contributed by atoms with Crippen LogP contribution in [0.3, 0.4) is 0 Å². The highest BCUT2D eigenvalue weighted by Gasteiger charge is 2.34. The molecule has 1 aliphatic heterocycles. The molecular weight excluding hydrogens is 456 g/mol. The molecular formula is C24H24N4O3S2. The third-order valence-electron chi connectivity index (χ3n) is 5.35. The number of hydrogen-bond donors (Lipinski definition) is 2. The molecule has 9 heteroatoms. The SMILES string of the molecule is Cc1cccn2c(=O)c(/C=C3/SC(=S)N(C(C)C)C3=O)c(NC[C@H](O)c3ccccc3)nc12. The maximum atomic E-state index is 13.4. The van der Waals surface area contributed by atoms with Crippen molar-refractivity contribution >= 4 is 51.7 Å². The van der Waals surface area contributed by atoms with Gasteiger partial charge in [-0.3, -0.25) is 18.9 Å². The number of nitrogens with one attached hydrogen (secondary N) is 1. The Bertz CT molecular complexity index is 1320. The van der Waals surface area contributed by atoms with E-state index in [1.54, 1.807) is 18.3 Å². The molecule has 3 heterocycles. The number of hydrogen-bond acceptors (Lipinski definition) is 7. The number of aryl methyl sites for hydroxylation is 1. The number of thioether (sulfide) groups is 1. The quantitative estimate of drug-likeness (QED) is 0.410. The number of amides is 1. The Morgan fingerprint density at radius 1 is 1.18 bits per heavy atom. The minimum Gasteiger partial charge on any atom is -0.387 e. The van der Waals surface area contributed by atoms with Crippen molar-refractivity contribution in [3.8, 4) is 0 Å². The predicted octanol–water partition coefficient (Wildman–Crippen LogP) is 3.76. The van der Waals surface area contributed by atoms with E-state index in [1.807, 2.05) is 57.2 Å². The largest absolute Gasteiger partial charge is 0.387 e. The van der Waals surface area contributed by atoms with Crippen molar-refractivity contribution in [3.05, 3.63) is 80.6 Å². The molecule has 2 aromatic heterocycles. The molecule has 0 unspecified atom stereocenters. The van der Waals surface area contributed by atoms with Crippen molar-refractivity contribution in [3.63, 3.8) is 0 Å². The zero-order chi connectivity index (χ0) is 23.7. The first-order valence-corrected chi connectivity index (χ1v) is 11.8. The Morgan fingerprint density at radius 2 is 1.91 bits per heavy atom. The average molecular weight is 481 g/mol. The van der Waals surface area contributed by atoms with Crippen LogP contribution in [0.5, 0.6) is 0 Å². The fourth-order valence-electron chi connectivity index (χ4n) is 3.62. The van der Waals surface area contributed by atoms with Gasteiger partial charge in [0.05, 0.1) is 16.6 Å². The molecule has 0 radical (unpaired) electrons. The van der Waals surface area contributed by atoms with Crippen LogP contribution in [0.25, 0.3) is 11.7 Å². The molecule has 1 saturated heterocycles. The number of fused-ring (bicyclic) bond motifs is 1. The Balaban J connectivity index is 1.78. The Labute approximate surface area is 201 Å². The maximum Gasteiger partial charge on any atom is 0.267 e. The summed E-state index contributed by atoms with van der Waals surface area (Å²) >= 11 is 6.53. The number of benzene rings is 1. The highest BCUT2D eigenvalue weighted by Crippen LogP contribution is 2.34. The molecule has 7 nitrogen and oxygen atoms in total. The lowest BCUT2D eigenvalue weighted by molar-refractivity contribution is -0.123. The fourth-order valence-corrected chi connectivity index (χ4v) is 5.12. The van der Waals surface area contributed by atoms with Crippen molar-refractivity contribution in [2.45, 2.75) is 32.9 Å². The maximum absolute atomic E-state index is 13.4. The normalized spacial score (nSPS) is 16.3. The second kappa shape index (κ2) is 9.46. The molecule has 1 atom stereocenters. The van der Waals surface area contributed by atoms with Gasteiger partial charge in [0.1, 0.15) is 15.8 Å². The van der Waals surface area contributed by atoms with Crippen molar-refractivity contribution in [2.24, 2.45) is 0 Å². The fraction of sp³-hybridized carbons (Fsp3) is 0.250. The number of nitrogens with zero attached hydrogens (tertiary/aromatic N) is 3. The second-order valence-corrected chi connectivity index (χ2v) is 9.69. The van der Waals surface area contributed by atoms with E-state index >= 15 is 0 Å². The standard InChI is InChI=1S/C24H24N4O3S2/c1-14(2)28-23(31)19(33-24(28)32)12-17-20(25-13-18(29)16-9-5-4-6-10-16)26-21-15(3)8-7-11-27(21)22(17)30/h4-12,14,18,25,29H,13H2,1-3H3/b19-12+/t18-/m0/s1. The average Bonchev–Trinajstić information content (AvgIpc) is 3.08. The molecule has 0 aliphatic carbocycles. The van der Waals surface area contributed by atoms with E-state index in [2.05, 4.69) is 10.3 Å². The molecule has 0 bridgehead atoms. The van der Waals surface area contributed by atoms with Crippen LogP contribution in [0.2, 0.25) is 0 Å². The Kier molecular flexibility index (Phi) is 6.64. The van der Waals surface area contributed by atoms with Gasteiger partial charge in [0.2, 0.25) is 0 Å². The van der Waals surface area contributed by atoms with E-state index in [1.165, 1.54) is 21.1 Å². The van der Waals surface area contributed by atoms with Gasteiger partial charge in [-0.25, -0.2) is 4.98 Å². The second-order valence-electron chi connectivity index (χ2n) is 8.02. The third-order valence-corrected chi connectivity index (χ3v) is 6.68. The van der Waals surface area contributed by atoms with Crippen LogP contribution >= 0.6 is 24.0 Å². The molecule has 33 heavy (non-hydrogen) atoms. The molecule has 1 amide bonds. The van der Waals surface area contributed by atoms with Crippen molar-refractivity contribution in [1.82, 2.24) is 14.3 Å². The summed E-state index contributed by atoms with van der Waals surface area (Å²) in [4.78, 5) is 32.9. The molecule has 1 aliphatic rings. The molecule has 0 saturated carbocycles. The predicted molar refractivity (Wildman–Crippen MR) is 136 cm³/mol. The van der Waals surface area contributed by atoms with E-state index in [0.29, 0.717) is 20.7 Å². The Hall–Kier alpha value is -3.01. The first kappa shape index (κ1) is 23.2. The number of pyridine rings is 1. The van der Waals surface area contributed by atoms with Crippen LogP contribution in [0, 0.1) is 6.92 Å². The number of carbonyl (C=O) groups is 1. The molecule has 0 spiro atoms. The molecule has 170 valence electrons. The van der Waals surface area contributed by atoms with Gasteiger partial charge >= 0.3 is 0 Å². The minimum absolute atomic E-state index is 0.0829. The van der Waals surface area contributed by atoms with Gasteiger partial charge in [-0.1, -0.05) is 60.4 Å². The van der Waals surface area contributed by atoms with E-state index in [4.69, 9.17) is 12.2 Å². The molecule has 1 fully saturated rings. The lowest BCUT2D eigenvalue weighted by Crippen LogP contribution is -2.34. The van der Waals surface area contributed by atoms with Crippen LogP contribution in [0.1, 0.15) is 36.6 Å². The van der Waals surface area contributed by atoms with Crippen LogP contribution < -0.4 is 10.9 Å². The van der Waals surface area contributed by atoms with Gasteiger partial charge in [0.25, 0.3) is 11.5 Å². The lowest BCUT2D eigenvalue weighted by Gasteiger charge is -2.18. The first-order valence-electron chi connectivity index (χ1n) is 10.5. The number of aromatic nitrogens is 2. The Morgan fingerprint density at radius 3 is 2.58 bits per heavy atom. The summed E-state index contributed by atoms with van der Waals surface area (Å²) in [7, 11) is 0. The summed E-state index contributed by atoms with van der Waals surface area (Å²) in [5.74, 6) is 0.0723. The molecule has 3 aromatic rings. The zero-order valence-corrected chi connectivity index (χ0v) is 20.1. The monoisotopic (exact) mass is 480 g/mol. The number of aliphatic hydroxyl groups is 1. The van der Waals surface area contributed by atoms with Gasteiger partial charge in [0.15, 0.2) is 0 Å². The van der Waals surface area contributed by atoms with Gasteiger partial charge < -0.3 is 10.4 Å². The van der Waals surface area contributed by atoms with E-state index in [9.17, 15) is 14.7 Å². The van der Waals surface area contributed by atoms with E-state index < -0.39 is 6.10 Å². The number of aliphatic hydroxyl groups excluding tert-OH is 1. The number of anilines is 1. The molecule has 2 N–H and O–H groups in total. The third kappa shape index (κ3) is 4.57. The topological polar surface area (TPSA) is 86.9 Å². The van der Waals surface area contributed by atoms with Crippen LogP contribution in [0.15, 0.2) is 58.4 Å². The zero-order valence-electron chi connectivity index (χ0n) is 18.5. The number of rotatable bonds is 6. The van der Waals surface area contributed by atoms with Crippen LogP contribution in [-0.2, 0) is 4.79 Å². The van der Waals surface area contributed by atoms with E-state index in [0.717, 1.165) is 11.1 Å². The highest BCUT2D eigenvalue weighted by atomic mass is 32.2. The minimum atomic E-state index is -0.796. The summed E-state index contributed by atoms with van der Waals surface area (Å²) in [5.41, 5.74) is 2.01. The number of thiocarbonyl (C=S) groups is 1. The summed E-state index contributed by atoms with van der Waals surface area (Å²) in [6, 6.07) is 12.8. The molecule has 4 rings (SSSR count). The summed E-state index contributed by atoms with van der Waals surface area (Å²) in [5, 5.41) is 13.7. The van der Waals surface area contributed by atoms with Gasteiger partial charge in [0, 0.05) is 18.8 Å². The summed E-state index contributed by atoms with van der Waals surface area (Å²) in [6.07, 6.45) is 2.40. The van der Waals surface area contributed by atoms with Crippen molar-refractivity contribution in [2.75, 3.05) is 11.9 Å². The van der Waals surface area contributed by atoms with E-state index in [-0.39, 0.29) is 29.6 Å². The lowest BCUT2D eigenvalue weighted by atomic mass is 10.1. The summed E-state index contributed by atoms with van der Waals surface area (Å²) in [6.45, 7) is 5.80. The number of carbonyl (C=O) groups excluding carboxylic acids is 1. The highest BCUT2D eigenvalue weighted by molar-refractivity contribution is 8.26. The van der Waals surface area contributed by atoms with Gasteiger partial charge in [-0.05, 0) is 44.0 Å². The van der Waals surface area contributed by atoms with Crippen LogP contribution in [-0.4, -0.2) is 42.2 Å². The van der Waals surface area contributed by atoms with Crippen LogP contribution in [0.4, 0.5) is 5.82 Å². The van der Waals surface area contributed by atoms with Crippen molar-refractivity contribution < 1.29 is 9.90 Å². The van der Waals surface area contributed by atoms with Gasteiger partial charge in [-0.15, -0.1) is 0 Å². The first-order chi connectivity index (χ1) is 15.8. The summed E-state index contributed by atoms with van der Waals surface area (Å²) < 4.78 is 1.92. The smallest absolute Gasteiger partial charge is 0.267 e. The van der Waals surface area contributed by atoms with Gasteiger partial charge in [-0.2, -0.15) is 0 Å².